The van der Waals surface area contributed by atoms with E-state index in [9.17, 15) is 9.50 Å². The summed E-state index contributed by atoms with van der Waals surface area (Å²) in [5, 5.41) is 18.7. The van der Waals surface area contributed by atoms with Crippen molar-refractivity contribution in [1.29, 1.82) is 0 Å². The van der Waals surface area contributed by atoms with Crippen LogP contribution in [-0.4, -0.2) is 80.6 Å². The zero-order chi connectivity index (χ0) is 26.3. The van der Waals surface area contributed by atoms with Crippen LogP contribution >= 0.6 is 0 Å². The molecule has 3 atom stereocenters. The van der Waals surface area contributed by atoms with Crippen molar-refractivity contribution in [1.82, 2.24) is 25.1 Å². The number of nitrogen functional groups attached to an aromatic ring is 1. The molecule has 38 heavy (non-hydrogen) atoms. The molecule has 1 aromatic carbocycles. The van der Waals surface area contributed by atoms with Crippen LogP contribution in [0.25, 0.3) is 11.3 Å². The number of fused-ring (bicyclic) bond motifs is 2. The molecule has 0 spiro atoms. The van der Waals surface area contributed by atoms with Crippen LogP contribution in [0, 0.1) is 11.8 Å². The molecule has 6 rings (SSSR count). The van der Waals surface area contributed by atoms with Gasteiger partial charge in [0.15, 0.2) is 5.82 Å². The summed E-state index contributed by atoms with van der Waals surface area (Å²) in [6.07, 6.45) is 4.41. The van der Waals surface area contributed by atoms with Crippen LogP contribution in [0.2, 0.25) is 0 Å². The molecular formula is C28H31FN8O. The molecule has 0 radical (unpaired) electrons. The number of rotatable bonds is 4. The molecule has 0 aliphatic carbocycles. The molecular weight excluding hydrogens is 483 g/mol. The van der Waals surface area contributed by atoms with E-state index in [0.717, 1.165) is 44.0 Å². The number of piperazine rings is 1. The van der Waals surface area contributed by atoms with Gasteiger partial charge in [-0.15, -0.1) is 10.2 Å². The molecule has 0 amide bonds. The largest absolute Gasteiger partial charge is 0.507 e. The Morgan fingerprint density at radius 3 is 2.68 bits per heavy atom. The molecule has 2 aromatic heterocycles. The molecule has 3 fully saturated rings. The molecule has 3 aliphatic heterocycles. The number of halogens is 1. The van der Waals surface area contributed by atoms with Gasteiger partial charge in [-0.1, -0.05) is 18.1 Å². The second-order valence-corrected chi connectivity index (χ2v) is 10.6. The first-order valence-electron chi connectivity index (χ1n) is 13.0. The first-order valence-corrected chi connectivity index (χ1v) is 13.0. The number of aromatic hydroxyl groups is 1. The van der Waals surface area contributed by atoms with E-state index in [2.05, 4.69) is 36.8 Å². The van der Waals surface area contributed by atoms with Gasteiger partial charge in [-0.05, 0) is 56.4 Å². The topological polar surface area (TPSA) is 108 Å². The van der Waals surface area contributed by atoms with E-state index in [1.807, 2.05) is 29.2 Å². The second kappa shape index (κ2) is 9.72. The zero-order valence-electron chi connectivity index (χ0n) is 21.4. The summed E-state index contributed by atoms with van der Waals surface area (Å²) < 4.78 is 14.1. The van der Waals surface area contributed by atoms with Gasteiger partial charge >= 0.3 is 0 Å². The average molecular weight is 515 g/mol. The van der Waals surface area contributed by atoms with Crippen molar-refractivity contribution in [2.24, 2.45) is 0 Å². The van der Waals surface area contributed by atoms with E-state index >= 15 is 0 Å². The van der Waals surface area contributed by atoms with E-state index < -0.39 is 5.67 Å². The highest BCUT2D eigenvalue weighted by molar-refractivity contribution is 5.74. The number of phenolic OH excluding ortho intramolecular Hbond substituents is 1. The Labute approximate surface area is 221 Å². The van der Waals surface area contributed by atoms with Crippen LogP contribution in [0.1, 0.15) is 32.0 Å². The van der Waals surface area contributed by atoms with Gasteiger partial charge in [0.2, 0.25) is 5.82 Å². The molecule has 10 heteroatoms. The van der Waals surface area contributed by atoms with E-state index in [0.29, 0.717) is 42.4 Å². The minimum absolute atomic E-state index is 0.159. The molecule has 2 bridgehead atoms. The lowest BCUT2D eigenvalue weighted by atomic mass is 10.1. The highest BCUT2D eigenvalue weighted by atomic mass is 19.1. The molecule has 196 valence electrons. The summed E-state index contributed by atoms with van der Waals surface area (Å²) in [7, 11) is 0. The number of phenols is 1. The number of para-hydroxylation sites is 1. The summed E-state index contributed by atoms with van der Waals surface area (Å²) in [6.45, 7) is 4.85. The quantitative estimate of drug-likeness (QED) is 0.508. The standard InChI is InChI=1S/C28H31FN8O/c1-28(29)11-14-35(18-28)13-4-7-25-31-12-10-26(32-25)37-19-8-9-20(37)17-36(16-19)23-15-22(33-34-27(23)30)21-5-2-3-6-24(21)38/h2-3,5-6,10,12,15,19-20,38H,8-9,11,13-14,16-18H2,1H3,(H2,30,34)/t19-,20+,28-/m1/s1. The highest BCUT2D eigenvalue weighted by Gasteiger charge is 2.41. The highest BCUT2D eigenvalue weighted by Crippen LogP contribution is 2.38. The molecule has 9 nitrogen and oxygen atoms in total. The van der Waals surface area contributed by atoms with Gasteiger partial charge in [0.1, 0.15) is 17.2 Å². The van der Waals surface area contributed by atoms with Crippen LogP contribution in [0.4, 0.5) is 21.7 Å². The molecule has 3 aromatic rings. The normalized spacial score (nSPS) is 24.9. The van der Waals surface area contributed by atoms with E-state index in [1.165, 1.54) is 0 Å². The zero-order valence-corrected chi connectivity index (χ0v) is 21.4. The number of nitrogens with zero attached hydrogens (tertiary/aromatic N) is 7. The van der Waals surface area contributed by atoms with Gasteiger partial charge in [-0.2, -0.15) is 0 Å². The van der Waals surface area contributed by atoms with E-state index in [1.54, 1.807) is 25.3 Å². The van der Waals surface area contributed by atoms with Gasteiger partial charge in [0, 0.05) is 50.0 Å². The predicted octanol–water partition coefficient (Wildman–Crippen LogP) is 2.86. The van der Waals surface area contributed by atoms with E-state index in [-0.39, 0.29) is 17.8 Å². The number of hydrogen-bond donors (Lipinski definition) is 2. The number of benzene rings is 1. The van der Waals surface area contributed by atoms with Gasteiger partial charge in [-0.25, -0.2) is 14.4 Å². The fraction of sp³-hybridized carbons (Fsp3) is 0.429. The van der Waals surface area contributed by atoms with Crippen molar-refractivity contribution >= 4 is 17.3 Å². The lowest BCUT2D eigenvalue weighted by molar-refractivity contribution is 0.194. The maximum absolute atomic E-state index is 14.1. The Kier molecular flexibility index (Phi) is 6.24. The van der Waals surface area contributed by atoms with Gasteiger partial charge in [-0.3, -0.25) is 4.90 Å². The Morgan fingerprint density at radius 1 is 1.16 bits per heavy atom. The van der Waals surface area contributed by atoms with Crippen LogP contribution in [-0.2, 0) is 0 Å². The summed E-state index contributed by atoms with van der Waals surface area (Å²) in [6, 6.07) is 11.5. The van der Waals surface area contributed by atoms with Crippen LogP contribution in [0.3, 0.4) is 0 Å². The molecule has 3 saturated heterocycles. The van der Waals surface area contributed by atoms with Crippen molar-refractivity contribution in [3.05, 3.63) is 48.4 Å². The SMILES string of the molecule is C[C@@]1(F)CCN(CC#Cc2nccc(N3[C@@H]4CC[C@H]3CN(c3cc(-c5ccccc5O)nnc3N)C4)n2)C1. The maximum atomic E-state index is 14.1. The first-order chi connectivity index (χ1) is 18.4. The Balaban J connectivity index is 1.18. The fourth-order valence-electron chi connectivity index (χ4n) is 5.87. The third-order valence-electron chi connectivity index (χ3n) is 7.72. The summed E-state index contributed by atoms with van der Waals surface area (Å²) >= 11 is 0. The van der Waals surface area contributed by atoms with Crippen LogP contribution in [0.5, 0.6) is 5.75 Å². The van der Waals surface area contributed by atoms with Gasteiger partial charge in [0.25, 0.3) is 0 Å². The number of likely N-dealkylation sites (tertiary alicyclic amines) is 1. The van der Waals surface area contributed by atoms with E-state index in [4.69, 9.17) is 10.7 Å². The summed E-state index contributed by atoms with van der Waals surface area (Å²) in [5.41, 5.74) is 7.19. The molecule has 0 unspecified atom stereocenters. The number of aromatic nitrogens is 4. The third kappa shape index (κ3) is 4.82. The summed E-state index contributed by atoms with van der Waals surface area (Å²) in [4.78, 5) is 15.8. The number of hydrogen-bond acceptors (Lipinski definition) is 9. The number of alkyl halides is 1. The lowest BCUT2D eigenvalue weighted by Gasteiger charge is -2.42. The molecule has 5 heterocycles. The van der Waals surface area contributed by atoms with Crippen molar-refractivity contribution in [2.45, 2.75) is 43.9 Å². The smallest absolute Gasteiger partial charge is 0.206 e. The molecule has 3 aliphatic rings. The summed E-state index contributed by atoms with van der Waals surface area (Å²) in [5.74, 6) is 8.09. The van der Waals surface area contributed by atoms with Gasteiger partial charge < -0.3 is 20.6 Å². The molecule has 3 N–H and O–H groups in total. The van der Waals surface area contributed by atoms with Crippen molar-refractivity contribution < 1.29 is 9.50 Å². The monoisotopic (exact) mass is 514 g/mol. The Morgan fingerprint density at radius 2 is 1.95 bits per heavy atom. The van der Waals surface area contributed by atoms with Crippen LogP contribution < -0.4 is 15.5 Å². The van der Waals surface area contributed by atoms with Crippen LogP contribution in [0.15, 0.2) is 42.6 Å². The predicted molar refractivity (Wildman–Crippen MR) is 145 cm³/mol. The third-order valence-corrected chi connectivity index (χ3v) is 7.72. The Bertz CT molecular complexity index is 1390. The Hall–Kier alpha value is -3.97. The minimum atomic E-state index is -1.12. The van der Waals surface area contributed by atoms with Crippen molar-refractivity contribution in [2.75, 3.05) is 48.3 Å². The number of anilines is 3. The maximum Gasteiger partial charge on any atom is 0.206 e. The first kappa shape index (κ1) is 24.4. The average Bonchev–Trinajstić information content (AvgIpc) is 3.39. The van der Waals surface area contributed by atoms with Crippen molar-refractivity contribution in [3.8, 4) is 28.8 Å². The molecule has 0 saturated carbocycles. The van der Waals surface area contributed by atoms with Crippen molar-refractivity contribution in [3.63, 3.8) is 0 Å². The minimum Gasteiger partial charge on any atom is -0.507 e. The lowest BCUT2D eigenvalue weighted by Crippen LogP contribution is -2.54. The van der Waals surface area contributed by atoms with Gasteiger partial charge in [0.05, 0.1) is 17.9 Å². The number of nitrogens with two attached hydrogens (primary N) is 1. The fourth-order valence-corrected chi connectivity index (χ4v) is 5.87. The second-order valence-electron chi connectivity index (χ2n) is 10.6.